The van der Waals surface area contributed by atoms with Gasteiger partial charge in [-0.15, -0.1) is 0 Å². The Morgan fingerprint density at radius 1 is 0.830 bits per heavy atom. The Morgan fingerprint density at radius 3 is 1.91 bits per heavy atom. The van der Waals surface area contributed by atoms with Gasteiger partial charge >= 0.3 is 35.8 Å². The quantitative estimate of drug-likeness (QED) is 0.126. The van der Waals surface area contributed by atoms with Gasteiger partial charge in [0.05, 0.1) is 12.6 Å². The average molecular weight is 784 g/mol. The molecule has 3 N–H and O–H groups in total. The Morgan fingerprint density at radius 2 is 1.38 bits per heavy atom. The Labute approximate surface area is 296 Å². The number of benzene rings is 2. The fourth-order valence-electron chi connectivity index (χ4n) is 5.93. The summed E-state index contributed by atoms with van der Waals surface area (Å²) in [5.41, 5.74) is 2.44. The molecule has 0 saturated heterocycles. The number of nitrogens with one attached hydrogen (secondary N) is 2. The molecule has 298 valence electrons. The number of hydrogen-bond donors (Lipinski definition) is 3. The lowest BCUT2D eigenvalue weighted by Gasteiger charge is -2.39. The number of hydrogen-bond acceptors (Lipinski definition) is 4. The van der Waals surface area contributed by atoms with Crippen LogP contribution in [0.1, 0.15) is 56.2 Å². The fraction of sp³-hybridized carbons (Fsp3) is 0.588. The first kappa shape index (κ1) is 43.6. The summed E-state index contributed by atoms with van der Waals surface area (Å²) in [5.74, 6) is -37.5. The molecule has 1 heterocycles. The Bertz CT molecular complexity index is 1580. The molecule has 2 amide bonds. The van der Waals surface area contributed by atoms with E-state index in [4.69, 9.17) is 0 Å². The molecule has 0 radical (unpaired) electrons. The van der Waals surface area contributed by atoms with Crippen molar-refractivity contribution in [3.63, 3.8) is 0 Å². The summed E-state index contributed by atoms with van der Waals surface area (Å²) in [5, 5.41) is 15.4. The van der Waals surface area contributed by atoms with Gasteiger partial charge in [-0.05, 0) is 72.9 Å². The van der Waals surface area contributed by atoms with Crippen molar-refractivity contribution >= 4 is 23.2 Å². The third-order valence-electron chi connectivity index (χ3n) is 8.96. The third kappa shape index (κ3) is 8.96. The number of anilines is 2. The van der Waals surface area contributed by atoms with Crippen LogP contribution in [0.25, 0.3) is 0 Å². The second kappa shape index (κ2) is 15.9. The minimum atomic E-state index is -7.92. The molecule has 3 rings (SSSR count). The highest BCUT2D eigenvalue weighted by atomic mass is 19.4. The van der Waals surface area contributed by atoms with E-state index in [0.717, 1.165) is 23.4 Å². The molecule has 2 aromatic carbocycles. The zero-order valence-corrected chi connectivity index (χ0v) is 28.6. The minimum absolute atomic E-state index is 0.0442. The number of aliphatic hydroxyl groups is 1. The van der Waals surface area contributed by atoms with Crippen molar-refractivity contribution < 1.29 is 71.8 Å². The van der Waals surface area contributed by atoms with Crippen molar-refractivity contribution in [3.05, 3.63) is 59.2 Å². The van der Waals surface area contributed by atoms with Crippen LogP contribution in [0.15, 0.2) is 42.5 Å². The maximum absolute atomic E-state index is 14.1. The normalized spacial score (nSPS) is 18.0. The van der Waals surface area contributed by atoms with Crippen LogP contribution < -0.4 is 15.5 Å². The second-order valence-corrected chi connectivity index (χ2v) is 13.3. The summed E-state index contributed by atoms with van der Waals surface area (Å²) < 4.78 is 173. The van der Waals surface area contributed by atoms with Gasteiger partial charge in [-0.25, -0.2) is 0 Å². The maximum Gasteiger partial charge on any atom is 0.460 e. The lowest BCUT2D eigenvalue weighted by atomic mass is 9.91. The van der Waals surface area contributed by atoms with Crippen LogP contribution in [0, 0.1) is 5.92 Å². The number of fused-ring (bicyclic) bond motifs is 1. The summed E-state index contributed by atoms with van der Waals surface area (Å²) in [6.07, 6.45) is -9.36. The molecule has 1 aliphatic rings. The largest absolute Gasteiger partial charge is 0.460 e. The van der Waals surface area contributed by atoms with E-state index in [1.54, 1.807) is 25.2 Å². The zero-order valence-electron chi connectivity index (χ0n) is 28.6. The number of carbonyl (C=O) groups excluding carboxylic acids is 2. The molecule has 0 spiro atoms. The molecule has 53 heavy (non-hydrogen) atoms. The van der Waals surface area contributed by atoms with Gasteiger partial charge in [0.1, 0.15) is 6.04 Å². The zero-order chi connectivity index (χ0) is 40.4. The van der Waals surface area contributed by atoms with E-state index in [-0.39, 0.29) is 36.3 Å². The number of carbonyl (C=O) groups is 2. The van der Waals surface area contributed by atoms with Crippen LogP contribution in [0.3, 0.4) is 0 Å². The van der Waals surface area contributed by atoms with Crippen molar-refractivity contribution in [2.45, 2.75) is 107 Å². The van der Waals surface area contributed by atoms with Gasteiger partial charge in [0.2, 0.25) is 11.8 Å². The summed E-state index contributed by atoms with van der Waals surface area (Å²) in [4.78, 5) is 27.3. The van der Waals surface area contributed by atoms with E-state index in [9.17, 15) is 71.8 Å². The van der Waals surface area contributed by atoms with Crippen LogP contribution in [-0.4, -0.2) is 78.4 Å². The van der Waals surface area contributed by atoms with Gasteiger partial charge in [0.25, 0.3) is 0 Å². The predicted octanol–water partition coefficient (Wildman–Crippen LogP) is 8.20. The molecule has 0 aliphatic carbocycles. The SMILES string of the molecule is CC(C)[C@H]1C(=O)N[C@H](CO)Cc2cc(NC(=O)CCCCc3ccc(CCC(F)(F)C(F)(F)C(F)(F)C(F)(F)C(F)(F)C(F)(F)F)cc3)ccc2N1C. The monoisotopic (exact) mass is 783 g/mol. The number of aliphatic hydroxyl groups excluding tert-OH is 1. The van der Waals surface area contributed by atoms with Gasteiger partial charge in [-0.3, -0.25) is 9.59 Å². The molecule has 19 heteroatoms. The van der Waals surface area contributed by atoms with Crippen LogP contribution in [0.5, 0.6) is 0 Å². The highest BCUT2D eigenvalue weighted by Gasteiger charge is 2.90. The van der Waals surface area contributed by atoms with Crippen molar-refractivity contribution in [3.8, 4) is 0 Å². The van der Waals surface area contributed by atoms with Crippen LogP contribution >= 0.6 is 0 Å². The van der Waals surface area contributed by atoms with Crippen molar-refractivity contribution in [1.29, 1.82) is 0 Å². The van der Waals surface area contributed by atoms with E-state index in [1.807, 2.05) is 18.7 Å². The van der Waals surface area contributed by atoms with Gasteiger partial charge in [0.15, 0.2) is 0 Å². The molecule has 1 aliphatic heterocycles. The Hall–Kier alpha value is -3.77. The van der Waals surface area contributed by atoms with Gasteiger partial charge in [-0.2, -0.15) is 57.1 Å². The summed E-state index contributed by atoms with van der Waals surface area (Å²) >= 11 is 0. The average Bonchev–Trinajstić information content (AvgIpc) is 3.04. The van der Waals surface area contributed by atoms with Crippen LogP contribution in [0.2, 0.25) is 0 Å². The predicted molar refractivity (Wildman–Crippen MR) is 168 cm³/mol. The number of halogens is 13. The van der Waals surface area contributed by atoms with Crippen LogP contribution in [0.4, 0.5) is 68.5 Å². The summed E-state index contributed by atoms with van der Waals surface area (Å²) in [7, 11) is 1.78. The van der Waals surface area contributed by atoms with E-state index < -0.39 is 60.7 Å². The van der Waals surface area contributed by atoms with Crippen LogP contribution in [-0.2, 0) is 28.9 Å². The smallest absolute Gasteiger partial charge is 0.394 e. The summed E-state index contributed by atoms with van der Waals surface area (Å²) in [6, 6.07) is 9.12. The highest BCUT2D eigenvalue weighted by Crippen LogP contribution is 2.60. The Balaban J connectivity index is 1.55. The molecular weight excluding hydrogens is 745 g/mol. The van der Waals surface area contributed by atoms with E-state index in [1.165, 1.54) is 12.1 Å². The van der Waals surface area contributed by atoms with Gasteiger partial charge in [0, 0.05) is 31.3 Å². The number of aryl methyl sites for hydroxylation is 2. The van der Waals surface area contributed by atoms with Crippen molar-refractivity contribution in [2.75, 3.05) is 23.9 Å². The first-order chi connectivity index (χ1) is 24.2. The van der Waals surface area contributed by atoms with Crippen molar-refractivity contribution in [2.24, 2.45) is 5.92 Å². The lowest BCUT2D eigenvalue weighted by molar-refractivity contribution is -0.440. The lowest BCUT2D eigenvalue weighted by Crippen LogP contribution is -2.70. The number of nitrogens with zero attached hydrogens (tertiary/aromatic N) is 1. The standard InChI is InChI=1S/C34H38F13N3O3/c1-19(2)27-28(53)49-24(18-51)17-22-16-23(12-13-25(22)50(27)3)48-26(52)7-5-4-6-20-8-10-21(11-9-20)14-15-29(35,36)30(37,38)31(39,40)32(41,42)33(43,44)34(45,46)47/h8-13,16,19,24,27,51H,4-7,14-15,17-18H2,1-3H3,(H,48,52)(H,49,53)/t24-,27-/m0/s1. The number of rotatable bonds is 15. The molecule has 0 aromatic heterocycles. The third-order valence-corrected chi connectivity index (χ3v) is 8.96. The van der Waals surface area contributed by atoms with Gasteiger partial charge in [-0.1, -0.05) is 38.1 Å². The summed E-state index contributed by atoms with van der Waals surface area (Å²) in [6.45, 7) is 3.51. The molecule has 0 fully saturated rings. The highest BCUT2D eigenvalue weighted by molar-refractivity contribution is 5.91. The molecule has 0 bridgehead atoms. The van der Waals surface area contributed by atoms with Crippen molar-refractivity contribution in [1.82, 2.24) is 5.32 Å². The minimum Gasteiger partial charge on any atom is -0.394 e. The van der Waals surface area contributed by atoms with E-state index >= 15 is 0 Å². The molecule has 6 nitrogen and oxygen atoms in total. The molecule has 2 aromatic rings. The Kier molecular flexibility index (Phi) is 13.1. The van der Waals surface area contributed by atoms with E-state index in [0.29, 0.717) is 36.9 Å². The van der Waals surface area contributed by atoms with Gasteiger partial charge < -0.3 is 20.6 Å². The number of alkyl halides is 13. The molecular formula is C34H38F13N3O3. The number of amides is 2. The fourth-order valence-corrected chi connectivity index (χ4v) is 5.93. The number of likely N-dealkylation sites (N-methyl/N-ethyl adjacent to an activating group) is 1. The van der Waals surface area contributed by atoms with E-state index in [2.05, 4.69) is 10.6 Å². The topological polar surface area (TPSA) is 81.7 Å². The second-order valence-electron chi connectivity index (χ2n) is 13.3. The number of unbranched alkanes of at least 4 members (excludes halogenated alkanes) is 1. The first-order valence-corrected chi connectivity index (χ1v) is 16.3. The molecule has 0 saturated carbocycles. The first-order valence-electron chi connectivity index (χ1n) is 16.3. The molecule has 0 unspecified atom stereocenters. The maximum atomic E-state index is 14.1. The molecule has 2 atom stereocenters.